The first-order valence-corrected chi connectivity index (χ1v) is 7.09. The van der Waals surface area contributed by atoms with Crippen molar-refractivity contribution < 1.29 is 37.6 Å². The topological polar surface area (TPSA) is 123 Å². The van der Waals surface area contributed by atoms with Gasteiger partial charge in [0.1, 0.15) is 12.7 Å². The van der Waals surface area contributed by atoms with Crippen LogP contribution in [-0.2, 0) is 22.7 Å². The molecule has 0 spiro atoms. The van der Waals surface area contributed by atoms with E-state index >= 15 is 0 Å². The second-order valence-corrected chi connectivity index (χ2v) is 5.72. The van der Waals surface area contributed by atoms with Gasteiger partial charge in [-0.15, -0.1) is 4.52 Å². The van der Waals surface area contributed by atoms with Gasteiger partial charge >= 0.3 is 16.1 Å². The molecule has 8 nitrogen and oxygen atoms in total. The van der Waals surface area contributed by atoms with Gasteiger partial charge in [-0.1, -0.05) is 0 Å². The first-order valence-electron chi connectivity index (χ1n) is 4.47. The standard InChI is InChI=1S/C6H12O8P2/c1-4-2-5(7)6(13-4)3-12-15(8)14-16(9,10)11/h4-7H,2-3H2,1H3,(H-,9,10,11)/p+1/t4-,5+,6+/m0/s1. The molecule has 3 N–H and O–H groups in total. The van der Waals surface area contributed by atoms with Crippen molar-refractivity contribution in [3.05, 3.63) is 0 Å². The average Bonchev–Trinajstić information content (AvgIpc) is 2.38. The van der Waals surface area contributed by atoms with E-state index in [1.807, 2.05) is 0 Å². The van der Waals surface area contributed by atoms with Gasteiger partial charge in [0.2, 0.25) is 0 Å². The van der Waals surface area contributed by atoms with Gasteiger partial charge in [0.05, 0.1) is 12.2 Å². The lowest BCUT2D eigenvalue weighted by atomic mass is 10.1. The molecule has 0 aliphatic carbocycles. The van der Waals surface area contributed by atoms with Crippen LogP contribution >= 0.6 is 16.1 Å². The number of hydrogen-bond donors (Lipinski definition) is 3. The molecule has 0 aromatic heterocycles. The monoisotopic (exact) mass is 275 g/mol. The Hall–Kier alpha value is 0.0900. The van der Waals surface area contributed by atoms with Crippen molar-refractivity contribution in [1.82, 2.24) is 0 Å². The van der Waals surface area contributed by atoms with Gasteiger partial charge in [0.15, 0.2) is 0 Å². The van der Waals surface area contributed by atoms with Crippen molar-refractivity contribution in [3.63, 3.8) is 0 Å². The van der Waals surface area contributed by atoms with Crippen LogP contribution in [0.4, 0.5) is 0 Å². The Bertz CT molecular complexity index is 301. The van der Waals surface area contributed by atoms with E-state index in [4.69, 9.17) is 14.5 Å². The fourth-order valence-electron chi connectivity index (χ4n) is 1.33. The number of phosphoric acid groups is 1. The summed E-state index contributed by atoms with van der Waals surface area (Å²) in [5.74, 6) is 0. The van der Waals surface area contributed by atoms with Crippen LogP contribution in [0.15, 0.2) is 0 Å². The van der Waals surface area contributed by atoms with E-state index in [2.05, 4.69) is 8.83 Å². The van der Waals surface area contributed by atoms with Crippen LogP contribution in [0.3, 0.4) is 0 Å². The number of rotatable bonds is 5. The van der Waals surface area contributed by atoms with Crippen LogP contribution in [0.25, 0.3) is 0 Å². The highest BCUT2D eigenvalue weighted by atomic mass is 31.2. The van der Waals surface area contributed by atoms with Crippen molar-refractivity contribution in [2.24, 2.45) is 0 Å². The Labute approximate surface area is 92.7 Å². The fraction of sp³-hybridized carbons (Fsp3) is 1.00. The summed E-state index contributed by atoms with van der Waals surface area (Å²) in [5.41, 5.74) is 0. The molecule has 0 amide bonds. The minimum Gasteiger partial charge on any atom is -0.390 e. The third-order valence-corrected chi connectivity index (χ3v) is 3.67. The molecule has 1 unspecified atom stereocenters. The van der Waals surface area contributed by atoms with Gasteiger partial charge in [-0.25, -0.2) is 4.57 Å². The zero-order chi connectivity index (χ0) is 12.3. The predicted octanol–water partition coefficient (Wildman–Crippen LogP) is 0.308. The largest absolute Gasteiger partial charge is 0.708 e. The zero-order valence-corrected chi connectivity index (χ0v) is 10.2. The zero-order valence-electron chi connectivity index (χ0n) is 8.42. The molecule has 1 heterocycles. The first kappa shape index (κ1) is 14.2. The third-order valence-electron chi connectivity index (χ3n) is 1.93. The summed E-state index contributed by atoms with van der Waals surface area (Å²) in [6, 6.07) is 0. The molecule has 0 bridgehead atoms. The van der Waals surface area contributed by atoms with E-state index in [0.717, 1.165) is 0 Å². The minimum atomic E-state index is -4.82. The Morgan fingerprint density at radius 3 is 2.62 bits per heavy atom. The second-order valence-electron chi connectivity index (χ2n) is 3.38. The molecule has 0 aromatic carbocycles. The lowest BCUT2D eigenvalue weighted by Gasteiger charge is -2.09. The molecule has 0 radical (unpaired) electrons. The van der Waals surface area contributed by atoms with E-state index in [9.17, 15) is 14.2 Å². The summed E-state index contributed by atoms with van der Waals surface area (Å²) >= 11 is 0. The molecular weight excluding hydrogens is 262 g/mol. The SMILES string of the molecule is C[C@H]1C[C@@H](O)[C@@H](CO[P+](=O)OP(=O)(O)O)O1. The molecule has 1 aliphatic heterocycles. The van der Waals surface area contributed by atoms with Gasteiger partial charge in [-0.3, -0.25) is 0 Å². The second kappa shape index (κ2) is 5.62. The van der Waals surface area contributed by atoms with Gasteiger partial charge in [-0.05, 0) is 11.2 Å². The third kappa shape index (κ3) is 4.95. The first-order chi connectivity index (χ1) is 7.28. The lowest BCUT2D eigenvalue weighted by Crippen LogP contribution is -2.25. The molecule has 10 heteroatoms. The molecule has 94 valence electrons. The fourth-order valence-corrected chi connectivity index (χ4v) is 2.48. The van der Waals surface area contributed by atoms with Crippen LogP contribution in [0, 0.1) is 0 Å². The maximum absolute atomic E-state index is 10.9. The number of aliphatic hydroxyl groups is 1. The quantitative estimate of drug-likeness (QED) is 0.612. The summed E-state index contributed by atoms with van der Waals surface area (Å²) in [4.78, 5) is 16.6. The van der Waals surface area contributed by atoms with E-state index in [-0.39, 0.29) is 12.7 Å². The molecule has 4 atom stereocenters. The van der Waals surface area contributed by atoms with Crippen LogP contribution in [0.1, 0.15) is 13.3 Å². The molecular formula is C6H13O8P2+. The van der Waals surface area contributed by atoms with Crippen LogP contribution in [-0.4, -0.2) is 39.8 Å². The normalized spacial score (nSPS) is 31.8. The highest BCUT2D eigenvalue weighted by molar-refractivity contribution is 7.55. The smallest absolute Gasteiger partial charge is 0.390 e. The van der Waals surface area contributed by atoms with Crippen LogP contribution in [0.5, 0.6) is 0 Å². The summed E-state index contributed by atoms with van der Waals surface area (Å²) in [6.45, 7) is 1.51. The maximum atomic E-state index is 10.9. The Balaban J connectivity index is 2.30. The van der Waals surface area contributed by atoms with Crippen LogP contribution < -0.4 is 0 Å². The Kier molecular flexibility index (Phi) is 4.97. The summed E-state index contributed by atoms with van der Waals surface area (Å²) < 4.78 is 34.7. The molecule has 1 rings (SSSR count). The highest BCUT2D eigenvalue weighted by Gasteiger charge is 2.38. The molecule has 1 fully saturated rings. The Morgan fingerprint density at radius 2 is 2.19 bits per heavy atom. The van der Waals surface area contributed by atoms with Gasteiger partial charge in [-0.2, -0.15) is 0 Å². The van der Waals surface area contributed by atoms with Crippen molar-refractivity contribution in [2.45, 2.75) is 31.7 Å². The number of aliphatic hydroxyl groups excluding tert-OH is 1. The average molecular weight is 275 g/mol. The summed E-state index contributed by atoms with van der Waals surface area (Å²) in [7, 11) is -7.74. The van der Waals surface area contributed by atoms with E-state index in [1.165, 1.54) is 0 Å². The van der Waals surface area contributed by atoms with Crippen molar-refractivity contribution in [3.8, 4) is 0 Å². The number of hydrogen-bond acceptors (Lipinski definition) is 6. The van der Waals surface area contributed by atoms with Crippen molar-refractivity contribution >= 4 is 16.1 Å². The summed E-state index contributed by atoms with van der Waals surface area (Å²) in [6.07, 6.45) is -1.10. The maximum Gasteiger partial charge on any atom is 0.708 e. The predicted molar refractivity (Wildman–Crippen MR) is 51.6 cm³/mol. The van der Waals surface area contributed by atoms with E-state index in [0.29, 0.717) is 6.42 Å². The van der Waals surface area contributed by atoms with Gasteiger partial charge < -0.3 is 19.6 Å². The Morgan fingerprint density at radius 1 is 1.56 bits per heavy atom. The van der Waals surface area contributed by atoms with Crippen molar-refractivity contribution in [2.75, 3.05) is 6.61 Å². The van der Waals surface area contributed by atoms with E-state index < -0.39 is 28.3 Å². The van der Waals surface area contributed by atoms with Crippen LogP contribution in [0.2, 0.25) is 0 Å². The molecule has 0 saturated carbocycles. The molecule has 16 heavy (non-hydrogen) atoms. The molecule has 0 aromatic rings. The molecule has 1 saturated heterocycles. The molecule has 1 aliphatic rings. The van der Waals surface area contributed by atoms with Crippen molar-refractivity contribution in [1.29, 1.82) is 0 Å². The van der Waals surface area contributed by atoms with Gasteiger partial charge in [0, 0.05) is 11.0 Å². The summed E-state index contributed by atoms with van der Waals surface area (Å²) in [5, 5.41) is 9.41. The van der Waals surface area contributed by atoms with E-state index in [1.54, 1.807) is 6.92 Å². The van der Waals surface area contributed by atoms with Gasteiger partial charge in [0.25, 0.3) is 0 Å². The number of ether oxygens (including phenoxy) is 1. The highest BCUT2D eigenvalue weighted by Crippen LogP contribution is 2.47. The minimum absolute atomic E-state index is 0.135. The lowest BCUT2D eigenvalue weighted by molar-refractivity contribution is -0.0113.